The SMILES string of the molecule is Cc1cc2nc(CCC(=O)[O-])[nH]c2cc1C. The Bertz CT molecular complexity index is 504. The van der Waals surface area contributed by atoms with E-state index in [4.69, 9.17) is 0 Å². The molecule has 0 saturated carbocycles. The van der Waals surface area contributed by atoms with Crippen molar-refractivity contribution in [1.29, 1.82) is 0 Å². The average Bonchev–Trinajstić information content (AvgIpc) is 2.58. The van der Waals surface area contributed by atoms with Gasteiger partial charge in [0.2, 0.25) is 0 Å². The molecule has 0 spiro atoms. The summed E-state index contributed by atoms with van der Waals surface area (Å²) in [4.78, 5) is 17.8. The lowest BCUT2D eigenvalue weighted by atomic mass is 10.1. The standard InChI is InChI=1S/C12H14N2O2/c1-7-5-9-10(6-8(7)2)14-11(13-9)3-4-12(15)16/h5-6H,3-4H2,1-2H3,(H,13,14)(H,15,16)/p-1. The van der Waals surface area contributed by atoms with E-state index in [2.05, 4.69) is 9.97 Å². The van der Waals surface area contributed by atoms with Crippen molar-refractivity contribution in [3.8, 4) is 0 Å². The van der Waals surface area contributed by atoms with Crippen LogP contribution in [0.1, 0.15) is 23.4 Å². The van der Waals surface area contributed by atoms with Crippen LogP contribution in [0.3, 0.4) is 0 Å². The molecule has 4 nitrogen and oxygen atoms in total. The van der Waals surface area contributed by atoms with Crippen LogP contribution in [0.4, 0.5) is 0 Å². The molecule has 2 aromatic rings. The second-order valence-corrected chi connectivity index (χ2v) is 4.01. The number of imidazole rings is 1. The number of aliphatic carboxylic acids is 1. The number of benzene rings is 1. The Hall–Kier alpha value is -1.84. The zero-order chi connectivity index (χ0) is 11.7. The van der Waals surface area contributed by atoms with Gasteiger partial charge in [-0.25, -0.2) is 4.98 Å². The van der Waals surface area contributed by atoms with E-state index in [1.807, 2.05) is 26.0 Å². The Morgan fingerprint density at radius 1 is 1.38 bits per heavy atom. The minimum Gasteiger partial charge on any atom is -0.550 e. The molecular weight excluding hydrogens is 204 g/mol. The molecule has 0 fully saturated rings. The van der Waals surface area contributed by atoms with Gasteiger partial charge >= 0.3 is 0 Å². The summed E-state index contributed by atoms with van der Waals surface area (Å²) in [6.45, 7) is 4.07. The van der Waals surface area contributed by atoms with E-state index in [1.54, 1.807) is 0 Å². The highest BCUT2D eigenvalue weighted by molar-refractivity contribution is 5.77. The van der Waals surface area contributed by atoms with Crippen LogP contribution in [0.5, 0.6) is 0 Å². The van der Waals surface area contributed by atoms with Crippen molar-refractivity contribution in [2.45, 2.75) is 26.7 Å². The van der Waals surface area contributed by atoms with Gasteiger partial charge < -0.3 is 14.9 Å². The molecule has 0 aliphatic rings. The van der Waals surface area contributed by atoms with Crippen molar-refractivity contribution in [1.82, 2.24) is 9.97 Å². The number of nitrogens with zero attached hydrogens (tertiary/aromatic N) is 1. The maximum absolute atomic E-state index is 10.3. The molecule has 0 aliphatic carbocycles. The Balaban J connectivity index is 2.33. The quantitative estimate of drug-likeness (QED) is 0.829. The summed E-state index contributed by atoms with van der Waals surface area (Å²) in [5.74, 6) is -0.350. The molecule has 1 heterocycles. The average molecular weight is 217 g/mol. The Kier molecular flexibility index (Phi) is 2.64. The third-order valence-electron chi connectivity index (χ3n) is 2.71. The van der Waals surface area contributed by atoms with E-state index < -0.39 is 5.97 Å². The highest BCUT2D eigenvalue weighted by Crippen LogP contribution is 2.17. The molecule has 16 heavy (non-hydrogen) atoms. The summed E-state index contributed by atoms with van der Waals surface area (Å²) >= 11 is 0. The maximum Gasteiger partial charge on any atom is 0.107 e. The van der Waals surface area contributed by atoms with E-state index in [0.29, 0.717) is 12.2 Å². The van der Waals surface area contributed by atoms with Gasteiger partial charge in [-0.15, -0.1) is 0 Å². The molecule has 0 atom stereocenters. The highest BCUT2D eigenvalue weighted by Gasteiger charge is 2.04. The Labute approximate surface area is 93.3 Å². The van der Waals surface area contributed by atoms with Gasteiger partial charge in [0.1, 0.15) is 5.82 Å². The molecule has 0 radical (unpaired) electrons. The van der Waals surface area contributed by atoms with Crippen LogP contribution in [0.2, 0.25) is 0 Å². The van der Waals surface area contributed by atoms with Crippen molar-refractivity contribution in [2.75, 3.05) is 0 Å². The van der Waals surface area contributed by atoms with E-state index in [9.17, 15) is 9.90 Å². The van der Waals surface area contributed by atoms with Gasteiger partial charge in [0.25, 0.3) is 0 Å². The Morgan fingerprint density at radius 3 is 2.75 bits per heavy atom. The number of hydrogen-bond acceptors (Lipinski definition) is 3. The van der Waals surface area contributed by atoms with Crippen LogP contribution in [-0.2, 0) is 11.2 Å². The number of nitrogens with one attached hydrogen (secondary N) is 1. The van der Waals surface area contributed by atoms with E-state index in [-0.39, 0.29) is 6.42 Å². The zero-order valence-corrected chi connectivity index (χ0v) is 9.33. The second-order valence-electron chi connectivity index (χ2n) is 4.01. The lowest BCUT2D eigenvalue weighted by molar-refractivity contribution is -0.305. The predicted molar refractivity (Wildman–Crippen MR) is 58.9 cm³/mol. The topological polar surface area (TPSA) is 68.8 Å². The lowest BCUT2D eigenvalue weighted by Gasteiger charge is -1.97. The molecule has 0 unspecified atom stereocenters. The third-order valence-corrected chi connectivity index (χ3v) is 2.71. The first kappa shape index (κ1) is 10.7. The van der Waals surface area contributed by atoms with Crippen molar-refractivity contribution >= 4 is 17.0 Å². The summed E-state index contributed by atoms with van der Waals surface area (Å²) in [6.07, 6.45) is 0.382. The summed E-state index contributed by atoms with van der Waals surface area (Å²) in [6, 6.07) is 4.03. The number of carboxylic acids is 1. The number of H-pyrrole nitrogens is 1. The van der Waals surface area contributed by atoms with Crippen LogP contribution in [-0.4, -0.2) is 15.9 Å². The Morgan fingerprint density at radius 2 is 2.06 bits per heavy atom. The molecular formula is C12H13N2O2-. The largest absolute Gasteiger partial charge is 0.550 e. The van der Waals surface area contributed by atoms with Crippen LogP contribution in [0.15, 0.2) is 12.1 Å². The summed E-state index contributed by atoms with van der Waals surface area (Å²) in [5, 5.41) is 10.3. The van der Waals surface area contributed by atoms with Gasteiger partial charge in [0.15, 0.2) is 0 Å². The van der Waals surface area contributed by atoms with E-state index >= 15 is 0 Å². The molecule has 2 rings (SSSR count). The number of aromatic amines is 1. The third kappa shape index (κ3) is 2.05. The lowest BCUT2D eigenvalue weighted by Crippen LogP contribution is -2.22. The molecule has 4 heteroatoms. The van der Waals surface area contributed by atoms with Gasteiger partial charge in [-0.1, -0.05) is 0 Å². The molecule has 1 N–H and O–H groups in total. The molecule has 1 aromatic carbocycles. The van der Waals surface area contributed by atoms with Gasteiger partial charge in [0, 0.05) is 12.4 Å². The van der Waals surface area contributed by atoms with Gasteiger partial charge in [-0.2, -0.15) is 0 Å². The number of aromatic nitrogens is 2. The fraction of sp³-hybridized carbons (Fsp3) is 0.333. The van der Waals surface area contributed by atoms with Crippen molar-refractivity contribution in [2.24, 2.45) is 0 Å². The first-order valence-electron chi connectivity index (χ1n) is 5.22. The second kappa shape index (κ2) is 3.96. The van der Waals surface area contributed by atoms with Crippen molar-refractivity contribution in [3.63, 3.8) is 0 Å². The molecule has 0 aliphatic heterocycles. The summed E-state index contributed by atoms with van der Waals surface area (Å²) in [5.41, 5.74) is 4.22. The molecule has 0 amide bonds. The number of carboxylic acid groups (broad SMARTS) is 1. The van der Waals surface area contributed by atoms with Crippen LogP contribution in [0, 0.1) is 13.8 Å². The van der Waals surface area contributed by atoms with Gasteiger partial charge in [-0.3, -0.25) is 0 Å². The molecule has 1 aromatic heterocycles. The smallest absolute Gasteiger partial charge is 0.107 e. The normalized spacial score (nSPS) is 10.9. The number of hydrogen-bond donors (Lipinski definition) is 1. The predicted octanol–water partition coefficient (Wildman–Crippen LogP) is 0.862. The minimum absolute atomic E-state index is 0.00220. The number of aryl methyl sites for hydroxylation is 3. The van der Waals surface area contributed by atoms with Crippen LogP contribution in [0.25, 0.3) is 11.0 Å². The summed E-state index contributed by atoms with van der Waals surface area (Å²) in [7, 11) is 0. The number of carbonyl (C=O) groups is 1. The molecule has 0 saturated heterocycles. The first-order chi connectivity index (χ1) is 7.56. The van der Waals surface area contributed by atoms with E-state index in [0.717, 1.165) is 11.0 Å². The van der Waals surface area contributed by atoms with Crippen LogP contribution < -0.4 is 5.11 Å². The van der Waals surface area contributed by atoms with Crippen molar-refractivity contribution < 1.29 is 9.90 Å². The zero-order valence-electron chi connectivity index (χ0n) is 9.33. The van der Waals surface area contributed by atoms with E-state index in [1.165, 1.54) is 11.1 Å². The highest BCUT2D eigenvalue weighted by atomic mass is 16.4. The van der Waals surface area contributed by atoms with Gasteiger partial charge in [0.05, 0.1) is 11.0 Å². The fourth-order valence-corrected chi connectivity index (χ4v) is 1.66. The van der Waals surface area contributed by atoms with Crippen molar-refractivity contribution in [3.05, 3.63) is 29.1 Å². The number of rotatable bonds is 3. The summed E-state index contributed by atoms with van der Waals surface area (Å²) < 4.78 is 0. The number of carbonyl (C=O) groups excluding carboxylic acids is 1. The number of fused-ring (bicyclic) bond motifs is 1. The molecule has 84 valence electrons. The maximum atomic E-state index is 10.3. The fourth-order valence-electron chi connectivity index (χ4n) is 1.66. The van der Waals surface area contributed by atoms with Crippen LogP contribution >= 0.6 is 0 Å². The minimum atomic E-state index is -1.05. The monoisotopic (exact) mass is 217 g/mol. The molecule has 0 bridgehead atoms. The first-order valence-corrected chi connectivity index (χ1v) is 5.22. The van der Waals surface area contributed by atoms with Gasteiger partial charge in [-0.05, 0) is 43.5 Å².